The van der Waals surface area contributed by atoms with Crippen LogP contribution in [0.2, 0.25) is 0 Å². The average molecular weight is 318 g/mol. The fourth-order valence-electron chi connectivity index (χ4n) is 1.95. The molecule has 1 aromatic heterocycles. The summed E-state index contributed by atoms with van der Waals surface area (Å²) < 4.78 is 13.5. The maximum atomic E-state index is 13.5. The number of halogens is 1. The van der Waals surface area contributed by atoms with Crippen molar-refractivity contribution in [2.45, 2.75) is 17.7 Å². The number of amides is 1. The number of rotatable bonds is 7. The SMILES string of the molecule is CN(CCc1ccccn1)C(=O)CCSc1ccccc1F. The van der Waals surface area contributed by atoms with Crippen LogP contribution in [0.4, 0.5) is 4.39 Å². The van der Waals surface area contributed by atoms with Crippen molar-refractivity contribution in [1.29, 1.82) is 0 Å². The van der Waals surface area contributed by atoms with Crippen molar-refractivity contribution < 1.29 is 9.18 Å². The lowest BCUT2D eigenvalue weighted by atomic mass is 10.2. The highest BCUT2D eigenvalue weighted by molar-refractivity contribution is 7.99. The van der Waals surface area contributed by atoms with Crippen LogP contribution in [0.5, 0.6) is 0 Å². The Kier molecular flexibility index (Phi) is 6.40. The van der Waals surface area contributed by atoms with Crippen LogP contribution >= 0.6 is 11.8 Å². The number of carbonyl (C=O) groups excluding carboxylic acids is 1. The minimum atomic E-state index is -0.233. The van der Waals surface area contributed by atoms with Gasteiger partial charge in [0.15, 0.2) is 0 Å². The number of hydrogen-bond acceptors (Lipinski definition) is 3. The van der Waals surface area contributed by atoms with Crippen molar-refractivity contribution in [3.8, 4) is 0 Å². The molecule has 0 spiro atoms. The zero-order chi connectivity index (χ0) is 15.8. The van der Waals surface area contributed by atoms with Gasteiger partial charge in [-0.15, -0.1) is 11.8 Å². The van der Waals surface area contributed by atoms with Crippen molar-refractivity contribution in [2.24, 2.45) is 0 Å². The second-order valence-corrected chi connectivity index (χ2v) is 6.05. The number of pyridine rings is 1. The molecular weight excluding hydrogens is 299 g/mol. The molecule has 0 aliphatic rings. The van der Waals surface area contributed by atoms with E-state index in [4.69, 9.17) is 0 Å². The number of likely N-dealkylation sites (N-methyl/N-ethyl adjacent to an activating group) is 1. The highest BCUT2D eigenvalue weighted by Crippen LogP contribution is 2.21. The molecule has 0 saturated heterocycles. The van der Waals surface area contributed by atoms with Gasteiger partial charge in [0.2, 0.25) is 5.91 Å². The first-order valence-electron chi connectivity index (χ1n) is 7.18. The van der Waals surface area contributed by atoms with E-state index >= 15 is 0 Å². The third-order valence-corrected chi connectivity index (χ3v) is 4.32. The van der Waals surface area contributed by atoms with Crippen LogP contribution in [-0.4, -0.2) is 35.1 Å². The molecule has 1 amide bonds. The largest absolute Gasteiger partial charge is 0.345 e. The molecule has 0 aliphatic heterocycles. The normalized spacial score (nSPS) is 10.5. The van der Waals surface area contributed by atoms with Crippen molar-refractivity contribution >= 4 is 17.7 Å². The van der Waals surface area contributed by atoms with E-state index in [0.29, 0.717) is 23.6 Å². The minimum absolute atomic E-state index is 0.0692. The highest BCUT2D eigenvalue weighted by Gasteiger charge is 2.10. The van der Waals surface area contributed by atoms with E-state index in [9.17, 15) is 9.18 Å². The molecule has 1 heterocycles. The van der Waals surface area contributed by atoms with Gasteiger partial charge in [0.05, 0.1) is 0 Å². The highest BCUT2D eigenvalue weighted by atomic mass is 32.2. The second-order valence-electron chi connectivity index (χ2n) is 4.92. The Labute approximate surface area is 134 Å². The van der Waals surface area contributed by atoms with E-state index in [1.807, 2.05) is 18.2 Å². The van der Waals surface area contributed by atoms with Gasteiger partial charge in [0, 0.05) is 49.0 Å². The summed E-state index contributed by atoms with van der Waals surface area (Å²) in [6.45, 7) is 0.639. The Morgan fingerprint density at radius 2 is 2.00 bits per heavy atom. The molecule has 116 valence electrons. The van der Waals surface area contributed by atoms with Gasteiger partial charge in [-0.05, 0) is 24.3 Å². The van der Waals surface area contributed by atoms with E-state index in [1.54, 1.807) is 36.3 Å². The Balaban J connectivity index is 1.71. The summed E-state index contributed by atoms with van der Waals surface area (Å²) >= 11 is 1.37. The summed E-state index contributed by atoms with van der Waals surface area (Å²) in [7, 11) is 1.79. The molecule has 0 radical (unpaired) electrons. The van der Waals surface area contributed by atoms with Gasteiger partial charge >= 0.3 is 0 Å². The lowest BCUT2D eigenvalue weighted by Gasteiger charge is -2.16. The molecule has 0 N–H and O–H groups in total. The Bertz CT molecular complexity index is 607. The first-order chi connectivity index (χ1) is 10.7. The van der Waals surface area contributed by atoms with Gasteiger partial charge in [-0.2, -0.15) is 0 Å². The maximum Gasteiger partial charge on any atom is 0.223 e. The topological polar surface area (TPSA) is 33.2 Å². The number of aromatic nitrogens is 1. The van der Waals surface area contributed by atoms with E-state index in [-0.39, 0.29) is 11.7 Å². The summed E-state index contributed by atoms with van der Waals surface area (Å²) in [5.41, 5.74) is 0.975. The molecule has 3 nitrogen and oxygen atoms in total. The molecule has 5 heteroatoms. The molecule has 2 aromatic rings. The van der Waals surface area contributed by atoms with Crippen LogP contribution in [0.3, 0.4) is 0 Å². The molecule has 0 atom stereocenters. The predicted molar refractivity (Wildman–Crippen MR) is 87.3 cm³/mol. The van der Waals surface area contributed by atoms with E-state index < -0.39 is 0 Å². The maximum absolute atomic E-state index is 13.5. The molecule has 0 aliphatic carbocycles. The van der Waals surface area contributed by atoms with Gasteiger partial charge in [-0.1, -0.05) is 18.2 Å². The van der Waals surface area contributed by atoms with Crippen LogP contribution in [0.25, 0.3) is 0 Å². The minimum Gasteiger partial charge on any atom is -0.345 e. The summed E-state index contributed by atoms with van der Waals surface area (Å²) in [5, 5.41) is 0. The van der Waals surface area contributed by atoms with Crippen LogP contribution < -0.4 is 0 Å². The summed E-state index contributed by atoms with van der Waals surface area (Å²) in [6.07, 6.45) is 2.89. The van der Waals surface area contributed by atoms with Crippen molar-refractivity contribution in [1.82, 2.24) is 9.88 Å². The Hall–Kier alpha value is -1.88. The Morgan fingerprint density at radius 3 is 2.73 bits per heavy atom. The summed E-state index contributed by atoms with van der Waals surface area (Å²) in [5.74, 6) is 0.413. The quantitative estimate of drug-likeness (QED) is 0.734. The first-order valence-corrected chi connectivity index (χ1v) is 8.16. The number of benzene rings is 1. The second kappa shape index (κ2) is 8.54. The molecule has 0 bridgehead atoms. The van der Waals surface area contributed by atoms with E-state index in [2.05, 4.69) is 4.98 Å². The third kappa shape index (κ3) is 5.15. The fourth-order valence-corrected chi connectivity index (χ4v) is 2.83. The molecule has 2 rings (SSSR count). The van der Waals surface area contributed by atoms with Gasteiger partial charge in [-0.25, -0.2) is 4.39 Å². The monoisotopic (exact) mass is 318 g/mol. The van der Waals surface area contributed by atoms with Crippen LogP contribution in [0, 0.1) is 5.82 Å². The number of thioether (sulfide) groups is 1. The standard InChI is InChI=1S/C17H19FN2OS/c1-20(12-9-14-6-4-5-11-19-14)17(21)10-13-22-16-8-3-2-7-15(16)18/h2-8,11H,9-10,12-13H2,1H3. The molecule has 1 aromatic carbocycles. The van der Waals surface area contributed by atoms with Crippen molar-refractivity contribution in [3.63, 3.8) is 0 Å². The fraction of sp³-hybridized carbons (Fsp3) is 0.294. The van der Waals surface area contributed by atoms with Crippen molar-refractivity contribution in [2.75, 3.05) is 19.3 Å². The van der Waals surface area contributed by atoms with Gasteiger partial charge in [-0.3, -0.25) is 9.78 Å². The molecule has 0 unspecified atom stereocenters. The molecule has 0 saturated carbocycles. The third-order valence-electron chi connectivity index (χ3n) is 3.27. The summed E-state index contributed by atoms with van der Waals surface area (Å²) in [6, 6.07) is 12.4. The van der Waals surface area contributed by atoms with Gasteiger partial charge in [0.25, 0.3) is 0 Å². The number of nitrogens with zero attached hydrogens (tertiary/aromatic N) is 2. The molecule has 22 heavy (non-hydrogen) atoms. The Morgan fingerprint density at radius 1 is 1.23 bits per heavy atom. The van der Waals surface area contributed by atoms with Crippen LogP contribution in [0.15, 0.2) is 53.6 Å². The average Bonchev–Trinajstić information content (AvgIpc) is 2.55. The molecular formula is C17H19FN2OS. The first kappa shape index (κ1) is 16.5. The van der Waals surface area contributed by atoms with E-state index in [0.717, 1.165) is 12.1 Å². The lowest BCUT2D eigenvalue weighted by molar-refractivity contribution is -0.129. The lowest BCUT2D eigenvalue weighted by Crippen LogP contribution is -2.29. The zero-order valence-electron chi connectivity index (χ0n) is 12.5. The van der Waals surface area contributed by atoms with Crippen molar-refractivity contribution in [3.05, 3.63) is 60.2 Å². The van der Waals surface area contributed by atoms with E-state index in [1.165, 1.54) is 17.8 Å². The van der Waals surface area contributed by atoms with Crippen LogP contribution in [0.1, 0.15) is 12.1 Å². The van der Waals surface area contributed by atoms with Crippen LogP contribution in [-0.2, 0) is 11.2 Å². The van der Waals surface area contributed by atoms with Gasteiger partial charge < -0.3 is 4.90 Å². The number of carbonyl (C=O) groups is 1. The summed E-state index contributed by atoms with van der Waals surface area (Å²) in [4.78, 5) is 18.6. The van der Waals surface area contributed by atoms with Gasteiger partial charge in [0.1, 0.15) is 5.82 Å². The predicted octanol–water partition coefficient (Wildman–Crippen LogP) is 3.40. The number of hydrogen-bond donors (Lipinski definition) is 0. The smallest absolute Gasteiger partial charge is 0.223 e. The zero-order valence-corrected chi connectivity index (χ0v) is 13.4. The molecule has 0 fully saturated rings.